The first-order valence-corrected chi connectivity index (χ1v) is 18.6. The molecule has 16 heteroatoms. The maximum Gasteiger partial charge on any atom is 0.342 e. The van der Waals surface area contributed by atoms with Crippen molar-refractivity contribution in [1.82, 2.24) is 5.32 Å². The number of nitrogens with one attached hydrogen (secondary N) is 1. The lowest BCUT2D eigenvalue weighted by atomic mass is 9.56. The summed E-state index contributed by atoms with van der Waals surface area (Å²) in [4.78, 5) is 70.7. The highest BCUT2D eigenvalue weighted by Crippen LogP contribution is 2.56. The van der Waals surface area contributed by atoms with Gasteiger partial charge in [0.25, 0.3) is 0 Å². The number of carbonyl (C=O) groups excluding carboxylic acids is 5. The van der Waals surface area contributed by atoms with Crippen LogP contribution in [0, 0.1) is 6.92 Å². The summed E-state index contributed by atoms with van der Waals surface area (Å²) in [5.41, 5.74) is -9.13. The van der Waals surface area contributed by atoms with Crippen molar-refractivity contribution >= 4 is 29.1 Å². The normalized spacial score (nSPS) is 28.9. The van der Waals surface area contributed by atoms with Gasteiger partial charge in [-0.15, -0.1) is 0 Å². The molecule has 3 aromatic rings. The third-order valence-electron chi connectivity index (χ3n) is 11.7. The average molecular weight is 802 g/mol. The van der Waals surface area contributed by atoms with Crippen LogP contribution in [-0.2, 0) is 42.1 Å². The number of allylic oxidation sites excluding steroid dienone is 2. The predicted molar refractivity (Wildman–Crippen MR) is 200 cm³/mol. The molecule has 3 aromatic carbocycles. The molecule has 4 aliphatic rings. The number of Topliss-reactive ketones (excluding diaryl/α,β-unsaturated/α-hetero) is 3. The van der Waals surface area contributed by atoms with Crippen molar-refractivity contribution in [3.05, 3.63) is 104 Å². The van der Waals surface area contributed by atoms with E-state index in [0.717, 1.165) is 24.8 Å². The molecule has 1 aliphatic heterocycles. The van der Waals surface area contributed by atoms with Crippen LogP contribution in [0.3, 0.4) is 0 Å². The van der Waals surface area contributed by atoms with Crippen LogP contribution in [-0.4, -0.2) is 125 Å². The number of ketones is 4. The molecule has 0 spiro atoms. The third kappa shape index (κ3) is 5.89. The minimum Gasteiger partial charge on any atom is -0.507 e. The van der Waals surface area contributed by atoms with Crippen molar-refractivity contribution in [3.8, 4) is 11.5 Å². The molecule has 3 aliphatic carbocycles. The molecule has 0 radical (unpaired) electrons. The van der Waals surface area contributed by atoms with Crippen LogP contribution in [0.1, 0.15) is 87.4 Å². The first kappa shape index (κ1) is 40.9. The van der Waals surface area contributed by atoms with Crippen molar-refractivity contribution in [3.63, 3.8) is 0 Å². The smallest absolute Gasteiger partial charge is 0.342 e. The standard InChI is InChI=1S/C42H43NO15/c1-18-14-21-15-26(45)42(56-5)38(51)29-23(37(50)41(42,53)30(21)33(48)27(18)40(52)57-13-9-12-20-10-7-6-8-11-20)16-22-28(32(29)47)25(44)17-24(31(22)46)43-39-36(55-4)34(49)35(54-3)19(2)58-39/h6-8,10-11,14,16-17,19,26,34-36,39,43,45,47-49,53H,9,12-13,15H2,1-5H3/t19-,26+,34+,35-,36+,39-,41-,42+/m0/s1. The van der Waals surface area contributed by atoms with E-state index in [9.17, 15) is 49.5 Å². The van der Waals surface area contributed by atoms with Crippen molar-refractivity contribution in [2.45, 2.75) is 81.1 Å². The number of benzene rings is 3. The molecule has 0 saturated carbocycles. The quantitative estimate of drug-likeness (QED) is 0.126. The summed E-state index contributed by atoms with van der Waals surface area (Å²) in [5, 5.41) is 61.4. The van der Waals surface area contributed by atoms with Gasteiger partial charge < -0.3 is 54.5 Å². The zero-order chi connectivity index (χ0) is 42.0. The molecule has 8 atom stereocenters. The molecule has 1 fully saturated rings. The number of aliphatic hydroxyl groups excluding tert-OH is 2. The number of esters is 1. The van der Waals surface area contributed by atoms with Crippen LogP contribution in [0.15, 0.2) is 54.2 Å². The van der Waals surface area contributed by atoms with Crippen LogP contribution in [0.5, 0.6) is 11.5 Å². The second-order valence-electron chi connectivity index (χ2n) is 14.8. The van der Waals surface area contributed by atoms with E-state index >= 15 is 0 Å². The fourth-order valence-electron chi connectivity index (χ4n) is 8.90. The van der Waals surface area contributed by atoms with Gasteiger partial charge in [0, 0.05) is 50.5 Å². The Bertz CT molecular complexity index is 2270. The molecular weight excluding hydrogens is 758 g/mol. The highest BCUT2D eigenvalue weighted by molar-refractivity contribution is 6.31. The number of aryl methyl sites for hydroxylation is 2. The molecule has 0 bridgehead atoms. The summed E-state index contributed by atoms with van der Waals surface area (Å²) >= 11 is 0. The zero-order valence-electron chi connectivity index (χ0n) is 32.2. The lowest BCUT2D eigenvalue weighted by molar-refractivity contribution is -0.236. The largest absolute Gasteiger partial charge is 0.507 e. The molecular formula is C42H43NO15. The van der Waals surface area contributed by atoms with E-state index in [1.54, 1.807) is 6.92 Å². The summed E-state index contributed by atoms with van der Waals surface area (Å²) in [7, 11) is 3.60. The fraction of sp³-hybridized carbons (Fsp3) is 0.405. The number of phenolic OH excluding ortho intramolecular Hbond substituents is 2. The second-order valence-corrected chi connectivity index (χ2v) is 14.8. The number of rotatable bonds is 10. The van der Waals surface area contributed by atoms with Crippen LogP contribution in [0.25, 0.3) is 0 Å². The van der Waals surface area contributed by atoms with E-state index in [1.165, 1.54) is 27.2 Å². The molecule has 306 valence electrons. The average Bonchev–Trinajstić information content (AvgIpc) is 3.17. The molecule has 16 nitrogen and oxygen atoms in total. The predicted octanol–water partition coefficient (Wildman–Crippen LogP) is 1.75. The van der Waals surface area contributed by atoms with E-state index in [-0.39, 0.29) is 23.4 Å². The topological polar surface area (TPSA) is 245 Å². The van der Waals surface area contributed by atoms with E-state index in [0.29, 0.717) is 12.8 Å². The Balaban J connectivity index is 1.28. The molecule has 58 heavy (non-hydrogen) atoms. The number of aliphatic hydroxyl groups is 3. The minimum atomic E-state index is -3.26. The van der Waals surface area contributed by atoms with E-state index in [4.69, 9.17) is 23.7 Å². The first-order valence-electron chi connectivity index (χ1n) is 18.6. The van der Waals surface area contributed by atoms with Gasteiger partial charge in [-0.05, 0) is 49.4 Å². The Kier molecular flexibility index (Phi) is 10.6. The Hall–Kier alpha value is -5.33. The van der Waals surface area contributed by atoms with Crippen LogP contribution < -0.4 is 5.32 Å². The van der Waals surface area contributed by atoms with Gasteiger partial charge in [0.15, 0.2) is 23.2 Å². The number of carbonyl (C=O) groups is 5. The summed E-state index contributed by atoms with van der Waals surface area (Å²) < 4.78 is 27.7. The van der Waals surface area contributed by atoms with Crippen molar-refractivity contribution in [2.75, 3.05) is 27.9 Å². The molecule has 0 aromatic heterocycles. The summed E-state index contributed by atoms with van der Waals surface area (Å²) in [5.74, 6) is -7.62. The lowest BCUT2D eigenvalue weighted by Crippen LogP contribution is -2.73. The molecule has 1 saturated heterocycles. The SMILES string of the molecule is CO[C@@H]1[C@@H](O)[C@@H](OC)[C@@H](NC2=CC(=O)c3c(cc4c(c3O)C(=O)[C@]3(OC)[C@H](O)Cc5cc(C)c(C(=O)OCCCc6ccccc6)c(O)c5[C@]3(O)C4=O)C2=O)O[C@H]1C. The Morgan fingerprint density at radius 1 is 0.931 bits per heavy atom. The van der Waals surface area contributed by atoms with E-state index in [1.807, 2.05) is 30.3 Å². The fourth-order valence-corrected chi connectivity index (χ4v) is 8.90. The summed E-state index contributed by atoms with van der Waals surface area (Å²) in [6.07, 6.45) is -5.59. The number of hydrogen-bond acceptors (Lipinski definition) is 16. The van der Waals surface area contributed by atoms with Crippen LogP contribution >= 0.6 is 0 Å². The third-order valence-corrected chi connectivity index (χ3v) is 11.7. The number of phenols is 2. The molecule has 7 rings (SSSR count). The number of methoxy groups -OCH3 is 3. The van der Waals surface area contributed by atoms with Gasteiger partial charge >= 0.3 is 5.97 Å². The monoisotopic (exact) mass is 801 g/mol. The summed E-state index contributed by atoms with van der Waals surface area (Å²) in [6.45, 7) is 3.05. The first-order chi connectivity index (χ1) is 27.6. The van der Waals surface area contributed by atoms with Crippen LogP contribution in [0.4, 0.5) is 0 Å². The van der Waals surface area contributed by atoms with Crippen molar-refractivity contribution in [2.24, 2.45) is 0 Å². The Morgan fingerprint density at radius 2 is 1.62 bits per heavy atom. The van der Waals surface area contributed by atoms with Gasteiger partial charge in [0.2, 0.25) is 17.3 Å². The molecule has 6 N–H and O–H groups in total. The highest BCUT2D eigenvalue weighted by atomic mass is 16.6. The Morgan fingerprint density at radius 3 is 2.28 bits per heavy atom. The van der Waals surface area contributed by atoms with Gasteiger partial charge in [-0.1, -0.05) is 36.4 Å². The number of hydrogen-bond donors (Lipinski definition) is 6. The number of ether oxygens (including phenoxy) is 5. The van der Waals surface area contributed by atoms with E-state index in [2.05, 4.69) is 5.32 Å². The second kappa shape index (κ2) is 15.1. The van der Waals surface area contributed by atoms with Crippen LogP contribution in [0.2, 0.25) is 0 Å². The lowest BCUT2D eigenvalue weighted by Gasteiger charge is -2.52. The van der Waals surface area contributed by atoms with Gasteiger partial charge in [-0.2, -0.15) is 0 Å². The maximum atomic E-state index is 14.9. The van der Waals surface area contributed by atoms with Gasteiger partial charge in [0.1, 0.15) is 35.4 Å². The van der Waals surface area contributed by atoms with Gasteiger partial charge in [-0.3, -0.25) is 19.2 Å². The molecule has 0 amide bonds. The number of fused-ring (bicyclic) bond motifs is 5. The van der Waals surface area contributed by atoms with Gasteiger partial charge in [0.05, 0.1) is 35.6 Å². The number of aromatic hydroxyl groups is 2. The van der Waals surface area contributed by atoms with Crippen molar-refractivity contribution in [1.29, 1.82) is 0 Å². The maximum absolute atomic E-state index is 14.9. The van der Waals surface area contributed by atoms with E-state index < -0.39 is 128 Å². The minimum absolute atomic E-state index is 0.00179. The summed E-state index contributed by atoms with van der Waals surface area (Å²) in [6, 6.07) is 11.7. The molecule has 0 unspecified atom stereocenters. The highest BCUT2D eigenvalue weighted by Gasteiger charge is 2.72. The van der Waals surface area contributed by atoms with Crippen molar-refractivity contribution < 1.29 is 73.2 Å². The van der Waals surface area contributed by atoms with Gasteiger partial charge in [-0.25, -0.2) is 4.79 Å². The zero-order valence-corrected chi connectivity index (χ0v) is 32.2. The Labute approximate surface area is 331 Å². The molecule has 1 heterocycles.